The number of nitro benzene ring substituents is 1. The van der Waals surface area contributed by atoms with E-state index in [1.807, 2.05) is 0 Å². The first-order valence-corrected chi connectivity index (χ1v) is 12.2. The summed E-state index contributed by atoms with van der Waals surface area (Å²) in [5.74, 6) is -4.81. The highest BCUT2D eigenvalue weighted by Gasteiger charge is 2.65. The minimum Gasteiger partial charge on any atom is -0.351 e. The second-order valence-corrected chi connectivity index (χ2v) is 9.63. The summed E-state index contributed by atoms with van der Waals surface area (Å²) in [7, 11) is 0. The Balaban J connectivity index is 1.43. The minimum absolute atomic E-state index is 0.190. The number of anilines is 3. The van der Waals surface area contributed by atoms with Gasteiger partial charge in [0.25, 0.3) is 5.69 Å². The molecule has 2 saturated heterocycles. The van der Waals surface area contributed by atoms with E-state index >= 15 is 0 Å². The van der Waals surface area contributed by atoms with Crippen molar-refractivity contribution in [2.24, 2.45) is 11.8 Å². The zero-order chi connectivity index (χ0) is 28.3. The van der Waals surface area contributed by atoms with Crippen LogP contribution in [0.4, 0.5) is 35.9 Å². The Hall–Kier alpha value is -5.00. The lowest BCUT2D eigenvalue weighted by molar-refractivity contribution is -0.384. The summed E-state index contributed by atoms with van der Waals surface area (Å²) in [6.45, 7) is 0. The lowest BCUT2D eigenvalue weighted by atomic mass is 9.88. The maximum Gasteiger partial charge on any atom is 0.418 e. The highest BCUT2D eigenvalue weighted by molar-refractivity contribution is 6.25. The molecule has 0 radical (unpaired) electrons. The fourth-order valence-corrected chi connectivity index (χ4v) is 5.84. The maximum absolute atomic E-state index is 13.9. The van der Waals surface area contributed by atoms with Gasteiger partial charge in [-0.25, -0.2) is 4.90 Å². The molecule has 202 valence electrons. The summed E-state index contributed by atoms with van der Waals surface area (Å²) in [5.41, 5.74) is -0.357. The van der Waals surface area contributed by atoms with Gasteiger partial charge in [-0.15, -0.1) is 0 Å². The Bertz CT molecular complexity index is 1600. The summed E-state index contributed by atoms with van der Waals surface area (Å²) in [6, 6.07) is 14.5. The Morgan fingerprint density at radius 1 is 0.875 bits per heavy atom. The number of rotatable bonds is 4. The van der Waals surface area contributed by atoms with Crippen LogP contribution in [0.15, 0.2) is 78.9 Å². The number of fused-ring (bicyclic) bond motifs is 5. The van der Waals surface area contributed by atoms with E-state index in [2.05, 4.69) is 5.32 Å². The third-order valence-electron chi connectivity index (χ3n) is 7.48. The summed E-state index contributed by atoms with van der Waals surface area (Å²) in [6.07, 6.45) is -1.38. The van der Waals surface area contributed by atoms with Crippen LogP contribution in [0.1, 0.15) is 11.1 Å². The molecule has 0 saturated carbocycles. The van der Waals surface area contributed by atoms with Gasteiger partial charge in [-0.2, -0.15) is 13.2 Å². The van der Waals surface area contributed by atoms with Gasteiger partial charge in [0.2, 0.25) is 17.7 Å². The van der Waals surface area contributed by atoms with Crippen molar-refractivity contribution in [3.8, 4) is 0 Å². The Morgan fingerprint density at radius 3 is 2.17 bits per heavy atom. The summed E-state index contributed by atoms with van der Waals surface area (Å²) in [4.78, 5) is 54.0. The normalized spacial score (nSPS) is 23.1. The highest BCUT2D eigenvalue weighted by Crippen LogP contribution is 2.50. The molecule has 3 aromatic rings. The molecule has 40 heavy (non-hydrogen) atoms. The lowest BCUT2D eigenvalue weighted by Gasteiger charge is -2.36. The zero-order valence-electron chi connectivity index (χ0n) is 20.4. The minimum atomic E-state index is -4.82. The number of para-hydroxylation sites is 2. The number of imide groups is 1. The molecule has 12 heteroatoms. The number of alkyl halides is 3. The van der Waals surface area contributed by atoms with E-state index in [1.165, 1.54) is 36.4 Å². The number of carbonyl (C=O) groups is 3. The second-order valence-electron chi connectivity index (χ2n) is 9.63. The maximum atomic E-state index is 13.9. The number of hydrogen-bond donors (Lipinski definition) is 1. The van der Waals surface area contributed by atoms with Gasteiger partial charge in [0, 0.05) is 23.5 Å². The number of hydrogen-bond acceptors (Lipinski definition) is 6. The van der Waals surface area contributed by atoms with Crippen molar-refractivity contribution in [2.75, 3.05) is 15.1 Å². The molecule has 2 fully saturated rings. The Morgan fingerprint density at radius 2 is 1.50 bits per heavy atom. The van der Waals surface area contributed by atoms with E-state index in [-0.39, 0.29) is 11.4 Å². The molecule has 0 aliphatic carbocycles. The lowest BCUT2D eigenvalue weighted by Crippen LogP contribution is -2.50. The van der Waals surface area contributed by atoms with Crippen molar-refractivity contribution < 1.29 is 32.5 Å². The van der Waals surface area contributed by atoms with Crippen molar-refractivity contribution in [1.29, 1.82) is 0 Å². The quantitative estimate of drug-likeness (QED) is 0.289. The van der Waals surface area contributed by atoms with Gasteiger partial charge < -0.3 is 10.2 Å². The fourth-order valence-electron chi connectivity index (χ4n) is 5.84. The number of benzene rings is 3. The van der Waals surface area contributed by atoms with Crippen LogP contribution in [0.3, 0.4) is 0 Å². The second kappa shape index (κ2) is 9.04. The van der Waals surface area contributed by atoms with Gasteiger partial charge in [-0.1, -0.05) is 42.5 Å². The monoisotopic (exact) mass is 548 g/mol. The highest BCUT2D eigenvalue weighted by atomic mass is 19.4. The molecule has 0 unspecified atom stereocenters. The van der Waals surface area contributed by atoms with Crippen molar-refractivity contribution in [1.82, 2.24) is 0 Å². The number of halogens is 3. The van der Waals surface area contributed by atoms with E-state index in [0.717, 1.165) is 17.7 Å². The van der Waals surface area contributed by atoms with Crippen molar-refractivity contribution in [3.05, 3.63) is 100 Å². The number of nitrogens with zero attached hydrogens (tertiary/aromatic N) is 3. The van der Waals surface area contributed by atoms with Gasteiger partial charge in [-0.05, 0) is 35.9 Å². The van der Waals surface area contributed by atoms with Crippen LogP contribution in [0, 0.1) is 22.0 Å². The molecule has 0 aromatic heterocycles. The molecule has 4 atom stereocenters. The summed E-state index contributed by atoms with van der Waals surface area (Å²) < 4.78 is 41.5. The van der Waals surface area contributed by atoms with Crippen molar-refractivity contribution in [3.63, 3.8) is 0 Å². The van der Waals surface area contributed by atoms with Crippen LogP contribution in [0.5, 0.6) is 0 Å². The summed E-state index contributed by atoms with van der Waals surface area (Å²) >= 11 is 0. The van der Waals surface area contributed by atoms with Crippen LogP contribution in [0.25, 0.3) is 6.08 Å². The zero-order valence-corrected chi connectivity index (χ0v) is 20.4. The largest absolute Gasteiger partial charge is 0.418 e. The molecular weight excluding hydrogens is 529 g/mol. The molecule has 0 bridgehead atoms. The van der Waals surface area contributed by atoms with Crippen LogP contribution in [-0.2, 0) is 20.6 Å². The van der Waals surface area contributed by atoms with E-state index in [4.69, 9.17) is 0 Å². The molecule has 3 aliphatic heterocycles. The summed E-state index contributed by atoms with van der Waals surface area (Å²) in [5, 5.41) is 13.7. The standard InChI is InChI=1S/C28H19F3N4O5/c29-28(30,31)18-6-2-4-8-20(18)34-26(37)22-21-14-9-15-5-1-3-7-19(15)33(21)24(23(22)27(34)38)25(36)32-16-10-12-17(13-11-16)35(39)40/h1-14,21-24H,(H,32,36)/t21-,22-,23+,24+/m1/s1. The van der Waals surface area contributed by atoms with Gasteiger partial charge in [0.05, 0.1) is 34.1 Å². The van der Waals surface area contributed by atoms with Gasteiger partial charge >= 0.3 is 6.18 Å². The number of nitro groups is 1. The molecule has 3 aromatic carbocycles. The Labute approximate surface area is 224 Å². The molecule has 9 nitrogen and oxygen atoms in total. The van der Waals surface area contributed by atoms with Crippen molar-refractivity contribution in [2.45, 2.75) is 18.3 Å². The average Bonchev–Trinajstić information content (AvgIpc) is 3.41. The van der Waals surface area contributed by atoms with E-state index in [1.54, 1.807) is 41.3 Å². The molecule has 3 amide bonds. The fraction of sp³-hybridized carbons (Fsp3) is 0.179. The van der Waals surface area contributed by atoms with Gasteiger partial charge in [0.15, 0.2) is 0 Å². The smallest absolute Gasteiger partial charge is 0.351 e. The van der Waals surface area contributed by atoms with Crippen LogP contribution >= 0.6 is 0 Å². The van der Waals surface area contributed by atoms with Crippen LogP contribution in [-0.4, -0.2) is 34.7 Å². The first-order valence-electron chi connectivity index (χ1n) is 12.2. The number of amides is 3. The van der Waals surface area contributed by atoms with E-state index in [0.29, 0.717) is 10.6 Å². The van der Waals surface area contributed by atoms with E-state index < -0.39 is 64.0 Å². The molecule has 3 aliphatic rings. The molecule has 1 N–H and O–H groups in total. The molecular formula is C28H19F3N4O5. The first-order chi connectivity index (χ1) is 19.1. The predicted octanol–water partition coefficient (Wildman–Crippen LogP) is 4.64. The van der Waals surface area contributed by atoms with Gasteiger partial charge in [0.1, 0.15) is 6.04 Å². The molecule has 0 spiro atoms. The van der Waals surface area contributed by atoms with Crippen LogP contribution < -0.4 is 15.1 Å². The predicted molar refractivity (Wildman–Crippen MR) is 138 cm³/mol. The third kappa shape index (κ3) is 3.82. The SMILES string of the molecule is O=C(Nc1ccc([N+](=O)[O-])cc1)[C@@H]1[C@H]2C(=O)N(c3ccccc3C(F)(F)F)C(=O)[C@@H]2[C@H]2C=Cc3ccccc3N21. The third-order valence-corrected chi connectivity index (χ3v) is 7.48. The van der Waals surface area contributed by atoms with Crippen molar-refractivity contribution >= 4 is 46.5 Å². The molecule has 3 heterocycles. The molecule has 6 rings (SSSR count). The number of carbonyl (C=O) groups excluding carboxylic acids is 3. The number of non-ortho nitro benzene ring substituents is 1. The first kappa shape index (κ1) is 25.3. The van der Waals surface area contributed by atoms with Crippen LogP contribution in [0.2, 0.25) is 0 Å². The topological polar surface area (TPSA) is 113 Å². The van der Waals surface area contributed by atoms with E-state index in [9.17, 15) is 37.7 Å². The average molecular weight is 548 g/mol. The number of nitrogens with one attached hydrogen (secondary N) is 1. The Kier molecular flexibility index (Phi) is 5.71. The van der Waals surface area contributed by atoms with Gasteiger partial charge in [-0.3, -0.25) is 24.5 Å².